The minimum absolute atomic E-state index is 0.0238. The monoisotopic (exact) mass is 496 g/mol. The number of hydrogen-bond acceptors (Lipinski definition) is 6. The first-order chi connectivity index (χ1) is 17.0. The molecule has 2 heterocycles. The number of nitrogens with zero attached hydrogens (tertiary/aromatic N) is 3. The minimum Gasteiger partial charge on any atom is -0.496 e. The number of nitriles is 1. The molecule has 1 atom stereocenters. The number of carbonyl (C=O) groups excluding carboxylic acids is 1. The van der Waals surface area contributed by atoms with Crippen LogP contribution in [0.15, 0.2) is 53.4 Å². The third kappa shape index (κ3) is 5.50. The third-order valence-electron chi connectivity index (χ3n) is 7.00. The Balaban J connectivity index is 1.39. The molecule has 1 unspecified atom stereocenters. The lowest BCUT2D eigenvalue weighted by Crippen LogP contribution is -2.44. The van der Waals surface area contributed by atoms with E-state index in [2.05, 4.69) is 16.3 Å². The lowest BCUT2D eigenvalue weighted by atomic mass is 9.96. The summed E-state index contributed by atoms with van der Waals surface area (Å²) in [7, 11) is -2.11. The van der Waals surface area contributed by atoms with E-state index in [1.807, 2.05) is 24.3 Å². The zero-order valence-corrected chi connectivity index (χ0v) is 20.8. The quantitative estimate of drug-likeness (QED) is 0.603. The van der Waals surface area contributed by atoms with Crippen molar-refractivity contribution in [3.63, 3.8) is 0 Å². The van der Waals surface area contributed by atoms with Crippen LogP contribution >= 0.6 is 0 Å². The Hall–Kier alpha value is -2.93. The molecule has 2 saturated heterocycles. The number of rotatable bonds is 8. The number of ether oxygens (including phenoxy) is 1. The Morgan fingerprint density at radius 3 is 2.43 bits per heavy atom. The number of benzene rings is 2. The van der Waals surface area contributed by atoms with Crippen LogP contribution in [0.4, 0.5) is 0 Å². The van der Waals surface area contributed by atoms with Crippen LogP contribution in [0, 0.1) is 17.2 Å². The number of amides is 1. The van der Waals surface area contributed by atoms with Crippen molar-refractivity contribution >= 4 is 15.9 Å². The van der Waals surface area contributed by atoms with Crippen molar-refractivity contribution in [1.82, 2.24) is 14.5 Å². The molecule has 0 saturated carbocycles. The lowest BCUT2D eigenvalue weighted by Gasteiger charge is -2.32. The second kappa shape index (κ2) is 11.2. The molecule has 1 amide bonds. The smallest absolute Gasteiger partial charge is 0.244 e. The number of likely N-dealkylation sites (tertiary alicyclic amines) is 1. The fourth-order valence-electron chi connectivity index (χ4n) is 5.05. The molecule has 0 aromatic heterocycles. The number of hydrogen-bond donors (Lipinski definition) is 1. The number of methoxy groups -OCH3 is 1. The number of sulfonamides is 1. The Bertz CT molecular complexity index is 1180. The van der Waals surface area contributed by atoms with Crippen molar-refractivity contribution in [3.05, 3.63) is 59.7 Å². The molecule has 0 aliphatic carbocycles. The van der Waals surface area contributed by atoms with Crippen LogP contribution in [0.5, 0.6) is 5.75 Å². The van der Waals surface area contributed by atoms with E-state index in [-0.39, 0.29) is 41.4 Å². The molecule has 9 heteroatoms. The van der Waals surface area contributed by atoms with Crippen LogP contribution < -0.4 is 10.1 Å². The van der Waals surface area contributed by atoms with Crippen LogP contribution in [-0.2, 0) is 14.8 Å². The summed E-state index contributed by atoms with van der Waals surface area (Å²) in [5.41, 5.74) is 1.20. The normalized spacial score (nSPS) is 18.6. The average Bonchev–Trinajstić information content (AvgIpc) is 3.43. The topological polar surface area (TPSA) is 103 Å². The molecule has 8 nitrogen and oxygen atoms in total. The molecule has 2 aliphatic heterocycles. The first-order valence-electron chi connectivity index (χ1n) is 12.1. The number of para-hydroxylation sites is 1. The fourth-order valence-corrected chi connectivity index (χ4v) is 6.67. The van der Waals surface area contributed by atoms with Gasteiger partial charge in [0, 0.05) is 31.1 Å². The molecule has 2 fully saturated rings. The zero-order chi connectivity index (χ0) is 24.8. The lowest BCUT2D eigenvalue weighted by molar-refractivity contribution is -0.126. The van der Waals surface area contributed by atoms with E-state index in [0.717, 1.165) is 37.2 Å². The van der Waals surface area contributed by atoms with Crippen LogP contribution in [0.25, 0.3) is 0 Å². The molecule has 186 valence electrons. The highest BCUT2D eigenvalue weighted by Gasteiger charge is 2.34. The number of carbonyl (C=O) groups is 1. The van der Waals surface area contributed by atoms with Gasteiger partial charge in [0.05, 0.1) is 23.6 Å². The summed E-state index contributed by atoms with van der Waals surface area (Å²) in [6, 6.07) is 16.1. The average molecular weight is 497 g/mol. The van der Waals surface area contributed by atoms with Gasteiger partial charge in [-0.2, -0.15) is 9.57 Å². The molecular weight excluding hydrogens is 464 g/mol. The Morgan fingerprint density at radius 2 is 1.74 bits per heavy atom. The Kier molecular flexibility index (Phi) is 8.06. The Labute approximate surface area is 207 Å². The second-order valence-electron chi connectivity index (χ2n) is 9.03. The maximum absolute atomic E-state index is 13.1. The van der Waals surface area contributed by atoms with Crippen LogP contribution in [0.2, 0.25) is 0 Å². The van der Waals surface area contributed by atoms with E-state index < -0.39 is 10.0 Å². The number of piperidine rings is 1. The maximum atomic E-state index is 13.1. The summed E-state index contributed by atoms with van der Waals surface area (Å²) in [5, 5.41) is 12.4. The summed E-state index contributed by atoms with van der Waals surface area (Å²) in [4.78, 5) is 15.5. The largest absolute Gasteiger partial charge is 0.496 e. The summed E-state index contributed by atoms with van der Waals surface area (Å²) < 4.78 is 33.1. The van der Waals surface area contributed by atoms with Gasteiger partial charge in [0.25, 0.3) is 0 Å². The van der Waals surface area contributed by atoms with Gasteiger partial charge in [0.1, 0.15) is 11.8 Å². The highest BCUT2D eigenvalue weighted by Crippen LogP contribution is 2.32. The van der Waals surface area contributed by atoms with Gasteiger partial charge in [-0.1, -0.05) is 30.3 Å². The van der Waals surface area contributed by atoms with Gasteiger partial charge in [-0.25, -0.2) is 8.42 Å². The zero-order valence-electron chi connectivity index (χ0n) is 20.0. The summed E-state index contributed by atoms with van der Waals surface area (Å²) in [5.74, 6) is 0.526. The SMILES string of the molecule is COc1ccccc1C(CNC(=O)C1CCN(S(=O)(=O)c2ccccc2C#N)CC1)N1CCCC1. The molecule has 1 N–H and O–H groups in total. The van der Waals surface area contributed by atoms with E-state index in [1.54, 1.807) is 19.2 Å². The van der Waals surface area contributed by atoms with Gasteiger partial charge in [-0.3, -0.25) is 9.69 Å². The van der Waals surface area contributed by atoms with Gasteiger partial charge in [0.2, 0.25) is 15.9 Å². The van der Waals surface area contributed by atoms with Crippen LogP contribution in [0.3, 0.4) is 0 Å². The predicted molar refractivity (Wildman–Crippen MR) is 132 cm³/mol. The maximum Gasteiger partial charge on any atom is 0.244 e. The Morgan fingerprint density at radius 1 is 1.09 bits per heavy atom. The summed E-state index contributed by atoms with van der Waals surface area (Å²) in [6.07, 6.45) is 3.18. The van der Waals surface area contributed by atoms with Crippen molar-refractivity contribution < 1.29 is 17.9 Å². The fraction of sp³-hybridized carbons (Fsp3) is 0.462. The summed E-state index contributed by atoms with van der Waals surface area (Å²) >= 11 is 0. The summed E-state index contributed by atoms with van der Waals surface area (Å²) in [6.45, 7) is 2.95. The molecule has 35 heavy (non-hydrogen) atoms. The third-order valence-corrected chi connectivity index (χ3v) is 8.96. The first-order valence-corrected chi connectivity index (χ1v) is 13.5. The van der Waals surface area contributed by atoms with E-state index in [9.17, 15) is 18.5 Å². The minimum atomic E-state index is -3.78. The highest BCUT2D eigenvalue weighted by atomic mass is 32.2. The molecule has 2 aliphatic rings. The van der Waals surface area contributed by atoms with Crippen LogP contribution in [-0.4, -0.2) is 63.4 Å². The van der Waals surface area contributed by atoms with Crippen LogP contribution in [0.1, 0.15) is 42.9 Å². The van der Waals surface area contributed by atoms with Crippen molar-refractivity contribution in [3.8, 4) is 11.8 Å². The predicted octanol–water partition coefficient (Wildman–Crippen LogP) is 2.92. The first kappa shape index (κ1) is 25.2. The molecular formula is C26H32N4O4S. The van der Waals surface area contributed by atoms with Crippen molar-refractivity contribution in [2.24, 2.45) is 5.92 Å². The van der Waals surface area contributed by atoms with Gasteiger partial charge < -0.3 is 10.1 Å². The van der Waals surface area contributed by atoms with Gasteiger partial charge in [-0.05, 0) is 57.0 Å². The van der Waals surface area contributed by atoms with E-state index in [4.69, 9.17) is 4.74 Å². The highest BCUT2D eigenvalue weighted by molar-refractivity contribution is 7.89. The van der Waals surface area contributed by atoms with E-state index in [0.29, 0.717) is 19.4 Å². The van der Waals surface area contributed by atoms with E-state index in [1.165, 1.54) is 16.4 Å². The van der Waals surface area contributed by atoms with Crippen molar-refractivity contribution in [2.45, 2.75) is 36.6 Å². The standard InChI is InChI=1S/C26H32N4O4S/c1-34-24-10-4-3-9-22(24)23(29-14-6-7-15-29)19-28-26(31)20-12-16-30(17-13-20)35(32,33)25-11-5-2-8-21(25)18-27/h2-5,8-11,20,23H,6-7,12-17,19H2,1H3,(H,28,31). The number of nitrogens with one attached hydrogen (secondary N) is 1. The van der Waals surface area contributed by atoms with Gasteiger partial charge in [-0.15, -0.1) is 0 Å². The van der Waals surface area contributed by atoms with Crippen molar-refractivity contribution in [2.75, 3.05) is 39.8 Å². The molecule has 4 rings (SSSR count). The molecule has 0 bridgehead atoms. The second-order valence-corrected chi connectivity index (χ2v) is 10.9. The van der Waals surface area contributed by atoms with Gasteiger partial charge in [0.15, 0.2) is 0 Å². The molecule has 2 aromatic rings. The molecule has 0 spiro atoms. The molecule has 2 aromatic carbocycles. The molecule has 0 radical (unpaired) electrons. The van der Waals surface area contributed by atoms with E-state index >= 15 is 0 Å². The van der Waals surface area contributed by atoms with Gasteiger partial charge >= 0.3 is 0 Å². The van der Waals surface area contributed by atoms with Crippen molar-refractivity contribution in [1.29, 1.82) is 5.26 Å².